The first-order valence-electron chi connectivity index (χ1n) is 7.33. The van der Waals surface area contributed by atoms with E-state index < -0.39 is 12.2 Å². The van der Waals surface area contributed by atoms with Crippen molar-refractivity contribution in [2.45, 2.75) is 58.8 Å². The fourth-order valence-electron chi connectivity index (χ4n) is 2.01. The van der Waals surface area contributed by atoms with Crippen LogP contribution in [0.5, 0.6) is 5.75 Å². The van der Waals surface area contributed by atoms with Crippen molar-refractivity contribution in [2.75, 3.05) is 0 Å². The molecule has 0 heterocycles. The van der Waals surface area contributed by atoms with Gasteiger partial charge in [0.25, 0.3) is 5.91 Å². The van der Waals surface area contributed by atoms with Gasteiger partial charge in [-0.2, -0.15) is 0 Å². The van der Waals surface area contributed by atoms with Crippen molar-refractivity contribution in [2.24, 2.45) is 0 Å². The summed E-state index contributed by atoms with van der Waals surface area (Å²) in [6.45, 7) is 7.47. The Hall–Kier alpha value is -1.07. The first-order valence-corrected chi connectivity index (χ1v) is 8.12. The van der Waals surface area contributed by atoms with E-state index in [0.29, 0.717) is 11.3 Å². The molecule has 0 saturated heterocycles. The van der Waals surface area contributed by atoms with Crippen LogP contribution in [0.3, 0.4) is 0 Å². The zero-order valence-electron chi connectivity index (χ0n) is 13.0. The third-order valence-corrected chi connectivity index (χ3v) is 3.92. The number of carbonyl (C=O) groups excluding carboxylic acids is 1. The zero-order chi connectivity index (χ0) is 16.0. The molecule has 118 valence electrons. The number of aliphatic hydroxyl groups is 1. The van der Waals surface area contributed by atoms with Crippen LogP contribution in [0, 0.1) is 0 Å². The average molecular weight is 358 g/mol. The van der Waals surface area contributed by atoms with Crippen LogP contribution in [-0.4, -0.2) is 23.2 Å². The summed E-state index contributed by atoms with van der Waals surface area (Å²) in [5, 5.41) is 12.7. The first kappa shape index (κ1) is 18.0. The third kappa shape index (κ3) is 5.32. The molecule has 1 rings (SSSR count). The van der Waals surface area contributed by atoms with Crippen molar-refractivity contribution >= 4 is 21.8 Å². The van der Waals surface area contributed by atoms with Gasteiger partial charge in [0.05, 0.1) is 6.10 Å². The molecule has 21 heavy (non-hydrogen) atoms. The number of halogens is 1. The highest BCUT2D eigenvalue weighted by Crippen LogP contribution is 2.29. The molecule has 0 aliphatic heterocycles. The van der Waals surface area contributed by atoms with Crippen molar-refractivity contribution in [3.8, 4) is 5.75 Å². The van der Waals surface area contributed by atoms with E-state index in [-0.39, 0.29) is 11.9 Å². The SMILES string of the molecule is CCC(CC)NC(=O)C(C)Oc1cc(Br)ccc1C(C)O. The minimum atomic E-state index is -0.651. The molecule has 0 aliphatic carbocycles. The molecule has 1 amide bonds. The predicted octanol–water partition coefficient (Wildman–Crippen LogP) is 3.57. The number of carbonyl (C=O) groups is 1. The molecule has 1 aromatic rings. The zero-order valence-corrected chi connectivity index (χ0v) is 14.6. The molecule has 0 aromatic heterocycles. The van der Waals surface area contributed by atoms with Gasteiger partial charge in [0, 0.05) is 16.1 Å². The van der Waals surface area contributed by atoms with Gasteiger partial charge in [-0.3, -0.25) is 4.79 Å². The summed E-state index contributed by atoms with van der Waals surface area (Å²) in [5.41, 5.74) is 0.667. The van der Waals surface area contributed by atoms with Gasteiger partial charge in [-0.05, 0) is 38.8 Å². The fraction of sp³-hybridized carbons (Fsp3) is 0.562. The summed E-state index contributed by atoms with van der Waals surface area (Å²) in [7, 11) is 0. The van der Waals surface area contributed by atoms with E-state index in [2.05, 4.69) is 21.2 Å². The summed E-state index contributed by atoms with van der Waals surface area (Å²) in [6, 6.07) is 5.56. The number of ether oxygens (including phenoxy) is 1. The maximum Gasteiger partial charge on any atom is 0.260 e. The van der Waals surface area contributed by atoms with Gasteiger partial charge in [-0.15, -0.1) is 0 Å². The Morgan fingerprint density at radius 1 is 1.33 bits per heavy atom. The second-order valence-electron chi connectivity index (χ2n) is 5.14. The number of hydrogen-bond acceptors (Lipinski definition) is 3. The Balaban J connectivity index is 2.80. The van der Waals surface area contributed by atoms with Crippen LogP contribution in [0.2, 0.25) is 0 Å². The van der Waals surface area contributed by atoms with Crippen LogP contribution in [0.4, 0.5) is 0 Å². The largest absolute Gasteiger partial charge is 0.480 e. The Morgan fingerprint density at radius 2 is 1.95 bits per heavy atom. The summed E-state index contributed by atoms with van der Waals surface area (Å²) >= 11 is 3.37. The quantitative estimate of drug-likeness (QED) is 0.783. The molecule has 0 aliphatic rings. The van der Waals surface area contributed by atoms with Crippen molar-refractivity contribution in [3.63, 3.8) is 0 Å². The van der Waals surface area contributed by atoms with Gasteiger partial charge in [-0.25, -0.2) is 0 Å². The number of hydrogen-bond donors (Lipinski definition) is 2. The van der Waals surface area contributed by atoms with E-state index in [1.165, 1.54) is 0 Å². The molecule has 0 fully saturated rings. The molecule has 5 heteroatoms. The molecule has 2 atom stereocenters. The molecule has 0 radical (unpaired) electrons. The Kier molecular flexibility index (Phi) is 7.18. The van der Waals surface area contributed by atoms with Crippen LogP contribution in [0.15, 0.2) is 22.7 Å². The minimum absolute atomic E-state index is 0.139. The number of rotatable bonds is 7. The van der Waals surface area contributed by atoms with Gasteiger partial charge in [0.2, 0.25) is 0 Å². The van der Waals surface area contributed by atoms with Crippen molar-refractivity contribution in [1.82, 2.24) is 5.32 Å². The summed E-state index contributed by atoms with van der Waals surface area (Å²) < 4.78 is 6.58. The van der Waals surface area contributed by atoms with E-state index in [0.717, 1.165) is 17.3 Å². The average Bonchev–Trinajstić information content (AvgIpc) is 2.44. The lowest BCUT2D eigenvalue weighted by Crippen LogP contribution is -2.42. The monoisotopic (exact) mass is 357 g/mol. The second-order valence-corrected chi connectivity index (χ2v) is 6.06. The normalized spacial score (nSPS) is 13.9. The predicted molar refractivity (Wildman–Crippen MR) is 87.4 cm³/mol. The lowest BCUT2D eigenvalue weighted by Gasteiger charge is -2.21. The van der Waals surface area contributed by atoms with Gasteiger partial charge in [0.1, 0.15) is 5.75 Å². The van der Waals surface area contributed by atoms with Crippen LogP contribution in [-0.2, 0) is 4.79 Å². The Morgan fingerprint density at radius 3 is 2.48 bits per heavy atom. The minimum Gasteiger partial charge on any atom is -0.480 e. The van der Waals surface area contributed by atoms with Gasteiger partial charge >= 0.3 is 0 Å². The molecule has 2 unspecified atom stereocenters. The molecular weight excluding hydrogens is 334 g/mol. The van der Waals surface area contributed by atoms with Crippen molar-refractivity contribution in [1.29, 1.82) is 0 Å². The van der Waals surface area contributed by atoms with E-state index in [1.807, 2.05) is 19.9 Å². The molecular formula is C16H24BrNO3. The van der Waals surface area contributed by atoms with Crippen LogP contribution < -0.4 is 10.1 Å². The third-order valence-electron chi connectivity index (χ3n) is 3.43. The van der Waals surface area contributed by atoms with E-state index in [9.17, 15) is 9.90 Å². The topological polar surface area (TPSA) is 58.6 Å². The second kappa shape index (κ2) is 8.39. The highest BCUT2D eigenvalue weighted by molar-refractivity contribution is 9.10. The van der Waals surface area contributed by atoms with Crippen LogP contribution >= 0.6 is 15.9 Å². The van der Waals surface area contributed by atoms with Crippen molar-refractivity contribution in [3.05, 3.63) is 28.2 Å². The lowest BCUT2D eigenvalue weighted by atomic mass is 10.1. The summed E-state index contributed by atoms with van der Waals surface area (Å²) in [6.07, 6.45) is 0.523. The lowest BCUT2D eigenvalue weighted by molar-refractivity contribution is -0.128. The number of amides is 1. The molecule has 0 spiro atoms. The molecule has 0 bridgehead atoms. The summed E-state index contributed by atoms with van der Waals surface area (Å²) in [4.78, 5) is 12.1. The van der Waals surface area contributed by atoms with Gasteiger partial charge in [-0.1, -0.05) is 35.8 Å². The maximum atomic E-state index is 12.1. The molecule has 2 N–H and O–H groups in total. The number of aliphatic hydroxyl groups excluding tert-OH is 1. The van der Waals surface area contributed by atoms with E-state index in [1.54, 1.807) is 26.0 Å². The van der Waals surface area contributed by atoms with Gasteiger partial charge < -0.3 is 15.2 Å². The standard InChI is InChI=1S/C16H24BrNO3/c1-5-13(6-2)18-16(20)11(4)21-15-9-12(17)7-8-14(15)10(3)19/h7-11,13,19H,5-6H2,1-4H3,(H,18,20). The van der Waals surface area contributed by atoms with Gasteiger partial charge in [0.15, 0.2) is 6.10 Å². The Labute approximate surface area is 135 Å². The van der Waals surface area contributed by atoms with E-state index in [4.69, 9.17) is 4.74 Å². The molecule has 1 aromatic carbocycles. The smallest absolute Gasteiger partial charge is 0.260 e. The maximum absolute atomic E-state index is 12.1. The summed E-state index contributed by atoms with van der Waals surface area (Å²) in [5.74, 6) is 0.381. The number of benzene rings is 1. The Bertz CT molecular complexity index is 473. The highest BCUT2D eigenvalue weighted by atomic mass is 79.9. The van der Waals surface area contributed by atoms with Crippen molar-refractivity contribution < 1.29 is 14.6 Å². The van der Waals surface area contributed by atoms with Crippen LogP contribution in [0.1, 0.15) is 52.2 Å². The highest BCUT2D eigenvalue weighted by Gasteiger charge is 2.19. The molecule has 0 saturated carbocycles. The fourth-order valence-corrected chi connectivity index (χ4v) is 2.35. The number of nitrogens with one attached hydrogen (secondary N) is 1. The van der Waals surface area contributed by atoms with Crippen LogP contribution in [0.25, 0.3) is 0 Å². The molecule has 4 nitrogen and oxygen atoms in total. The van der Waals surface area contributed by atoms with E-state index >= 15 is 0 Å². The first-order chi connectivity index (χ1) is 9.88.